The number of amides is 1. The predicted molar refractivity (Wildman–Crippen MR) is 189 cm³/mol. The molecule has 0 N–H and O–H groups in total. The van der Waals surface area contributed by atoms with Crippen LogP contribution < -0.4 is 0 Å². The van der Waals surface area contributed by atoms with Crippen LogP contribution in [0.4, 0.5) is 0 Å². The minimum Gasteiger partial charge on any atom is -0.361 e. The molecule has 2 aromatic rings. The van der Waals surface area contributed by atoms with Crippen LogP contribution in [0.2, 0.25) is 0 Å². The van der Waals surface area contributed by atoms with E-state index in [-0.39, 0.29) is 11.0 Å². The Bertz CT molecular complexity index is 1100. The number of carbonyl (C=O) groups is 1. The van der Waals surface area contributed by atoms with Crippen LogP contribution in [0.1, 0.15) is 168 Å². The number of rotatable bonds is 6. The monoisotopic (exact) mass is 619 g/mol. The molecule has 1 aromatic heterocycles. The lowest BCUT2D eigenvalue weighted by Gasteiger charge is -2.40. The van der Waals surface area contributed by atoms with Crippen LogP contribution in [0, 0.1) is 17.3 Å². The average molecular weight is 619 g/mol. The van der Waals surface area contributed by atoms with Gasteiger partial charge in [0, 0.05) is 37.1 Å². The maximum absolute atomic E-state index is 13.9. The van der Waals surface area contributed by atoms with Gasteiger partial charge in [-0.25, -0.2) is 0 Å². The molecule has 0 saturated heterocycles. The Morgan fingerprint density at radius 1 is 0.800 bits per heavy atom. The Morgan fingerprint density at radius 2 is 1.38 bits per heavy atom. The first-order valence-electron chi connectivity index (χ1n) is 19.0. The smallest absolute Gasteiger partial charge is 0.223 e. The van der Waals surface area contributed by atoms with Gasteiger partial charge in [-0.3, -0.25) is 4.79 Å². The van der Waals surface area contributed by atoms with E-state index >= 15 is 0 Å². The van der Waals surface area contributed by atoms with Crippen LogP contribution in [0.25, 0.3) is 11.3 Å². The van der Waals surface area contributed by atoms with Crippen molar-refractivity contribution in [2.24, 2.45) is 17.3 Å². The quantitative estimate of drug-likeness (QED) is 0.323. The Balaban J connectivity index is 1.30. The molecule has 1 amide bonds. The number of benzene rings is 1. The Hall–Kier alpha value is -2.10. The van der Waals surface area contributed by atoms with Crippen molar-refractivity contribution in [2.45, 2.75) is 174 Å². The molecule has 1 heterocycles. The molecular weight excluding hydrogens is 552 g/mol. The van der Waals surface area contributed by atoms with Crippen molar-refractivity contribution in [2.75, 3.05) is 7.05 Å². The Kier molecular flexibility index (Phi) is 14.5. The van der Waals surface area contributed by atoms with Crippen LogP contribution in [0.3, 0.4) is 0 Å². The zero-order valence-corrected chi connectivity index (χ0v) is 29.6. The third kappa shape index (κ3) is 11.9. The van der Waals surface area contributed by atoms with Crippen LogP contribution in [-0.4, -0.2) is 28.6 Å². The molecule has 4 rings (SSSR count). The van der Waals surface area contributed by atoms with Gasteiger partial charge in [0.05, 0.1) is 0 Å². The maximum Gasteiger partial charge on any atom is 0.223 e. The number of carbonyl (C=O) groups excluding carboxylic acids is 1. The van der Waals surface area contributed by atoms with Gasteiger partial charge in [-0.1, -0.05) is 146 Å². The first-order valence-corrected chi connectivity index (χ1v) is 19.0. The summed E-state index contributed by atoms with van der Waals surface area (Å²) in [5, 5.41) is 4.40. The molecule has 0 spiro atoms. The summed E-state index contributed by atoms with van der Waals surface area (Å²) in [5.74, 6) is 2.60. The van der Waals surface area contributed by atoms with Crippen molar-refractivity contribution in [1.82, 2.24) is 10.1 Å². The molecule has 3 unspecified atom stereocenters. The number of aromatic nitrogens is 1. The van der Waals surface area contributed by atoms with Gasteiger partial charge in [-0.2, -0.15) is 0 Å². The highest BCUT2D eigenvalue weighted by Crippen LogP contribution is 2.38. The highest BCUT2D eigenvalue weighted by atomic mass is 16.5. The minimum atomic E-state index is 0.0119. The van der Waals surface area contributed by atoms with Crippen LogP contribution in [-0.2, 0) is 11.2 Å². The molecule has 1 aromatic carbocycles. The first-order chi connectivity index (χ1) is 21.8. The summed E-state index contributed by atoms with van der Waals surface area (Å²) in [6.07, 6.45) is 28.6. The highest BCUT2D eigenvalue weighted by Gasteiger charge is 2.33. The van der Waals surface area contributed by atoms with E-state index in [4.69, 9.17) is 4.52 Å². The van der Waals surface area contributed by atoms with Crippen molar-refractivity contribution in [3.8, 4) is 11.3 Å². The highest BCUT2D eigenvalue weighted by molar-refractivity contribution is 5.77. The van der Waals surface area contributed by atoms with Crippen molar-refractivity contribution in [3.05, 3.63) is 42.2 Å². The van der Waals surface area contributed by atoms with E-state index in [1.807, 2.05) is 6.07 Å². The molecule has 252 valence electrons. The summed E-state index contributed by atoms with van der Waals surface area (Å²) in [7, 11) is 2.14. The second-order valence-electron chi connectivity index (χ2n) is 15.9. The standard InChI is InChI=1S/C41H66N2O2/c1-34-22-21-27-40(2,33-37-32-38(42-45-37)36-24-16-13-17-25-36)26-18-14-15-23-35(30-34)31-39(44)43(4)41(3)28-19-11-9-7-5-6-8-10-12-20-29-41/h13,16-17,24-25,32,34-35H,5-12,14-15,18-23,26-31,33H2,1-4H3. The third-order valence-corrected chi connectivity index (χ3v) is 11.7. The fraction of sp³-hybridized carbons (Fsp3) is 0.756. The molecule has 0 aliphatic heterocycles. The average Bonchev–Trinajstić information content (AvgIpc) is 3.49. The second-order valence-corrected chi connectivity index (χ2v) is 15.9. The van der Waals surface area contributed by atoms with E-state index in [0.29, 0.717) is 17.7 Å². The molecule has 3 atom stereocenters. The second kappa shape index (κ2) is 18.3. The Morgan fingerprint density at radius 3 is 2.04 bits per heavy atom. The summed E-state index contributed by atoms with van der Waals surface area (Å²) >= 11 is 0. The SMILES string of the molecule is CC1CCCC(C)(Cc2cc(-c3ccccc3)no2)CCCCCC(CC(=O)N(C)C2(C)CCCCCCCCCCCC2)C1. The van der Waals surface area contributed by atoms with Crippen LogP contribution in [0.15, 0.2) is 40.9 Å². The van der Waals surface area contributed by atoms with E-state index in [2.05, 4.69) is 68.2 Å². The van der Waals surface area contributed by atoms with Gasteiger partial charge < -0.3 is 9.42 Å². The summed E-state index contributed by atoms with van der Waals surface area (Å²) in [6.45, 7) is 7.30. The van der Waals surface area contributed by atoms with E-state index in [9.17, 15) is 4.79 Å². The van der Waals surface area contributed by atoms with Crippen LogP contribution in [0.5, 0.6) is 0 Å². The summed E-state index contributed by atoms with van der Waals surface area (Å²) in [6, 6.07) is 12.5. The van der Waals surface area contributed by atoms with E-state index in [1.54, 1.807) is 0 Å². The molecule has 4 heteroatoms. The fourth-order valence-corrected chi connectivity index (χ4v) is 8.46. The third-order valence-electron chi connectivity index (χ3n) is 11.7. The van der Waals surface area contributed by atoms with Gasteiger partial charge in [0.15, 0.2) is 0 Å². The number of nitrogens with zero attached hydrogens (tertiary/aromatic N) is 2. The van der Waals surface area contributed by atoms with Gasteiger partial charge >= 0.3 is 0 Å². The molecule has 0 radical (unpaired) electrons. The van der Waals surface area contributed by atoms with Gasteiger partial charge in [0.1, 0.15) is 11.5 Å². The van der Waals surface area contributed by atoms with Gasteiger partial charge in [-0.05, 0) is 62.7 Å². The number of hydrogen-bond donors (Lipinski definition) is 0. The largest absolute Gasteiger partial charge is 0.361 e. The topological polar surface area (TPSA) is 46.3 Å². The molecule has 4 nitrogen and oxygen atoms in total. The van der Waals surface area contributed by atoms with Crippen molar-refractivity contribution < 1.29 is 9.32 Å². The Labute approximate surface area is 276 Å². The van der Waals surface area contributed by atoms with Crippen LogP contribution >= 0.6 is 0 Å². The summed E-state index contributed by atoms with van der Waals surface area (Å²) in [4.78, 5) is 16.1. The molecule has 45 heavy (non-hydrogen) atoms. The van der Waals surface area contributed by atoms with E-state index < -0.39 is 0 Å². The molecule has 0 bridgehead atoms. The zero-order valence-electron chi connectivity index (χ0n) is 29.6. The number of hydrogen-bond acceptors (Lipinski definition) is 3. The summed E-state index contributed by atoms with van der Waals surface area (Å²) < 4.78 is 5.86. The van der Waals surface area contributed by atoms with E-state index in [0.717, 1.165) is 42.7 Å². The van der Waals surface area contributed by atoms with Gasteiger partial charge in [0.2, 0.25) is 5.91 Å². The zero-order chi connectivity index (χ0) is 32.0. The van der Waals surface area contributed by atoms with Crippen molar-refractivity contribution >= 4 is 5.91 Å². The minimum absolute atomic E-state index is 0.0119. The molecule has 2 fully saturated rings. The molecule has 2 saturated carbocycles. The molecular formula is C41H66N2O2. The van der Waals surface area contributed by atoms with Crippen molar-refractivity contribution in [1.29, 1.82) is 0 Å². The molecule has 2 aliphatic carbocycles. The maximum atomic E-state index is 13.9. The van der Waals surface area contributed by atoms with Gasteiger partial charge in [-0.15, -0.1) is 0 Å². The van der Waals surface area contributed by atoms with E-state index in [1.165, 1.54) is 122 Å². The van der Waals surface area contributed by atoms with Gasteiger partial charge in [0.25, 0.3) is 0 Å². The lowest BCUT2D eigenvalue weighted by molar-refractivity contribution is -0.137. The van der Waals surface area contributed by atoms with Crippen molar-refractivity contribution in [3.63, 3.8) is 0 Å². The normalized spacial score (nSPS) is 26.7. The lowest BCUT2D eigenvalue weighted by atomic mass is 9.74. The lowest BCUT2D eigenvalue weighted by Crippen LogP contribution is -2.48. The predicted octanol–water partition coefficient (Wildman–Crippen LogP) is 12.0. The first kappa shape index (κ1) is 35.7. The fourth-order valence-electron chi connectivity index (χ4n) is 8.46. The molecule has 2 aliphatic rings. The summed E-state index contributed by atoms with van der Waals surface area (Å²) in [5.41, 5.74) is 2.32.